The Bertz CT molecular complexity index is 817. The lowest BCUT2D eigenvalue weighted by Gasteiger charge is -2.06. The average Bonchev–Trinajstić information content (AvgIpc) is 3.23. The number of furan rings is 1. The quantitative estimate of drug-likeness (QED) is 0.798. The van der Waals surface area contributed by atoms with Crippen LogP contribution in [0.2, 0.25) is 0 Å². The standard InChI is InChI=1S/C17H15NO3/c19-17(18-11-5-6-11)10-20-12-7-8-16-14(9-12)13-3-1-2-4-15(13)21-16/h1-4,7-9,11H,5-6,10H2,(H,18,19). The number of para-hydroxylation sites is 1. The van der Waals surface area contributed by atoms with Gasteiger partial charge in [0.25, 0.3) is 5.91 Å². The molecule has 1 N–H and O–H groups in total. The molecule has 0 aliphatic heterocycles. The van der Waals surface area contributed by atoms with Gasteiger partial charge in [0.15, 0.2) is 6.61 Å². The smallest absolute Gasteiger partial charge is 0.258 e. The number of carbonyl (C=O) groups excluding carboxylic acids is 1. The van der Waals surface area contributed by atoms with Gasteiger partial charge in [0.2, 0.25) is 0 Å². The van der Waals surface area contributed by atoms with E-state index in [1.54, 1.807) is 0 Å². The normalized spacial score (nSPS) is 14.5. The number of amides is 1. The first-order valence-electron chi connectivity index (χ1n) is 7.13. The van der Waals surface area contributed by atoms with E-state index in [-0.39, 0.29) is 12.5 Å². The fourth-order valence-electron chi connectivity index (χ4n) is 2.44. The topological polar surface area (TPSA) is 51.5 Å². The number of hydrogen-bond donors (Lipinski definition) is 1. The van der Waals surface area contributed by atoms with Crippen molar-refractivity contribution in [3.63, 3.8) is 0 Å². The summed E-state index contributed by atoms with van der Waals surface area (Å²) in [5, 5.41) is 4.96. The molecule has 106 valence electrons. The lowest BCUT2D eigenvalue weighted by molar-refractivity contribution is -0.123. The van der Waals surface area contributed by atoms with Crippen LogP contribution in [0.4, 0.5) is 0 Å². The summed E-state index contributed by atoms with van der Waals surface area (Å²) >= 11 is 0. The maximum atomic E-state index is 11.6. The molecule has 0 radical (unpaired) electrons. The van der Waals surface area contributed by atoms with Gasteiger partial charge in [-0.2, -0.15) is 0 Å². The first-order valence-corrected chi connectivity index (χ1v) is 7.13. The number of benzene rings is 2. The zero-order valence-electron chi connectivity index (χ0n) is 11.5. The maximum Gasteiger partial charge on any atom is 0.258 e. The number of rotatable bonds is 4. The molecule has 4 heteroatoms. The molecule has 3 aromatic rings. The summed E-state index contributed by atoms with van der Waals surface area (Å²) < 4.78 is 11.3. The van der Waals surface area contributed by atoms with Gasteiger partial charge >= 0.3 is 0 Å². The van der Waals surface area contributed by atoms with E-state index >= 15 is 0 Å². The van der Waals surface area contributed by atoms with Crippen LogP contribution in [0, 0.1) is 0 Å². The summed E-state index contributed by atoms with van der Waals surface area (Å²) in [6.07, 6.45) is 2.16. The SMILES string of the molecule is O=C(COc1ccc2oc3ccccc3c2c1)NC1CC1. The molecule has 1 aromatic heterocycles. The van der Waals surface area contributed by atoms with Crippen molar-refractivity contribution < 1.29 is 13.9 Å². The van der Waals surface area contributed by atoms with Gasteiger partial charge in [-0.3, -0.25) is 4.79 Å². The molecule has 1 heterocycles. The highest BCUT2D eigenvalue weighted by molar-refractivity contribution is 6.05. The van der Waals surface area contributed by atoms with E-state index in [1.807, 2.05) is 42.5 Å². The van der Waals surface area contributed by atoms with Gasteiger partial charge in [-0.15, -0.1) is 0 Å². The van der Waals surface area contributed by atoms with Crippen molar-refractivity contribution in [2.45, 2.75) is 18.9 Å². The van der Waals surface area contributed by atoms with Crippen LogP contribution in [0.25, 0.3) is 21.9 Å². The Balaban J connectivity index is 1.57. The fourth-order valence-corrected chi connectivity index (χ4v) is 2.44. The first kappa shape index (κ1) is 12.3. The minimum absolute atomic E-state index is 0.0534. The minimum atomic E-state index is -0.0605. The second-order valence-electron chi connectivity index (χ2n) is 5.39. The van der Waals surface area contributed by atoms with Crippen LogP contribution in [0.5, 0.6) is 5.75 Å². The molecule has 2 aromatic carbocycles. The maximum absolute atomic E-state index is 11.6. The Labute approximate surface area is 121 Å². The highest BCUT2D eigenvalue weighted by Crippen LogP contribution is 2.31. The van der Waals surface area contributed by atoms with Crippen molar-refractivity contribution in [2.75, 3.05) is 6.61 Å². The third-order valence-electron chi connectivity index (χ3n) is 3.66. The third-order valence-corrected chi connectivity index (χ3v) is 3.66. The number of nitrogens with one attached hydrogen (secondary N) is 1. The van der Waals surface area contributed by atoms with Gasteiger partial charge in [0.1, 0.15) is 16.9 Å². The summed E-state index contributed by atoms with van der Waals surface area (Å²) in [4.78, 5) is 11.6. The molecule has 0 spiro atoms. The van der Waals surface area contributed by atoms with Gasteiger partial charge in [-0.05, 0) is 37.1 Å². The van der Waals surface area contributed by atoms with E-state index < -0.39 is 0 Å². The van der Waals surface area contributed by atoms with E-state index in [4.69, 9.17) is 9.15 Å². The Morgan fingerprint density at radius 2 is 1.95 bits per heavy atom. The predicted octanol–water partition coefficient (Wildman–Crippen LogP) is 3.24. The molecule has 0 bridgehead atoms. The van der Waals surface area contributed by atoms with E-state index in [9.17, 15) is 4.79 Å². The van der Waals surface area contributed by atoms with Crippen molar-refractivity contribution in [2.24, 2.45) is 0 Å². The van der Waals surface area contributed by atoms with Crippen LogP contribution in [-0.4, -0.2) is 18.6 Å². The zero-order valence-corrected chi connectivity index (χ0v) is 11.5. The fraction of sp³-hybridized carbons (Fsp3) is 0.235. The number of fused-ring (bicyclic) bond motifs is 3. The van der Waals surface area contributed by atoms with Crippen LogP contribution in [0.15, 0.2) is 46.9 Å². The molecule has 1 amide bonds. The molecule has 4 nitrogen and oxygen atoms in total. The van der Waals surface area contributed by atoms with Gasteiger partial charge in [0.05, 0.1) is 0 Å². The number of carbonyl (C=O) groups is 1. The number of ether oxygens (including phenoxy) is 1. The molecule has 21 heavy (non-hydrogen) atoms. The molecular formula is C17H15NO3. The molecule has 1 fully saturated rings. The van der Waals surface area contributed by atoms with Crippen molar-refractivity contribution in [1.29, 1.82) is 0 Å². The molecule has 1 aliphatic rings. The van der Waals surface area contributed by atoms with Crippen LogP contribution >= 0.6 is 0 Å². The monoisotopic (exact) mass is 281 g/mol. The molecule has 0 atom stereocenters. The highest BCUT2D eigenvalue weighted by atomic mass is 16.5. The third kappa shape index (κ3) is 2.44. The van der Waals surface area contributed by atoms with E-state index in [0.29, 0.717) is 11.8 Å². The Morgan fingerprint density at radius 3 is 2.81 bits per heavy atom. The van der Waals surface area contributed by atoms with Crippen molar-refractivity contribution in [3.05, 3.63) is 42.5 Å². The van der Waals surface area contributed by atoms with E-state index in [0.717, 1.165) is 34.8 Å². The van der Waals surface area contributed by atoms with Gasteiger partial charge in [0, 0.05) is 16.8 Å². The summed E-state index contributed by atoms with van der Waals surface area (Å²) in [6.45, 7) is 0.0534. The van der Waals surface area contributed by atoms with Crippen molar-refractivity contribution >= 4 is 27.8 Å². The first-order chi connectivity index (χ1) is 10.3. The lowest BCUT2D eigenvalue weighted by atomic mass is 10.1. The molecule has 0 saturated heterocycles. The van der Waals surface area contributed by atoms with E-state index in [2.05, 4.69) is 5.32 Å². The molecule has 1 saturated carbocycles. The van der Waals surface area contributed by atoms with Gasteiger partial charge in [-0.1, -0.05) is 18.2 Å². The van der Waals surface area contributed by atoms with E-state index in [1.165, 1.54) is 0 Å². The lowest BCUT2D eigenvalue weighted by Crippen LogP contribution is -2.30. The Kier molecular flexibility index (Phi) is 2.81. The molecule has 0 unspecified atom stereocenters. The second kappa shape index (κ2) is 4.81. The average molecular weight is 281 g/mol. The Hall–Kier alpha value is -2.49. The molecule has 4 rings (SSSR count). The van der Waals surface area contributed by atoms with Gasteiger partial charge < -0.3 is 14.5 Å². The number of hydrogen-bond acceptors (Lipinski definition) is 3. The minimum Gasteiger partial charge on any atom is -0.484 e. The highest BCUT2D eigenvalue weighted by Gasteiger charge is 2.23. The largest absolute Gasteiger partial charge is 0.484 e. The summed E-state index contributed by atoms with van der Waals surface area (Å²) in [5.41, 5.74) is 1.68. The van der Waals surface area contributed by atoms with Crippen LogP contribution in [0.1, 0.15) is 12.8 Å². The zero-order chi connectivity index (χ0) is 14.2. The summed E-state index contributed by atoms with van der Waals surface area (Å²) in [5.74, 6) is 0.620. The van der Waals surface area contributed by atoms with Gasteiger partial charge in [-0.25, -0.2) is 0 Å². The molecular weight excluding hydrogens is 266 g/mol. The van der Waals surface area contributed by atoms with Crippen LogP contribution in [0.3, 0.4) is 0 Å². The second-order valence-corrected chi connectivity index (χ2v) is 5.39. The van der Waals surface area contributed by atoms with Crippen LogP contribution in [-0.2, 0) is 4.79 Å². The van der Waals surface area contributed by atoms with Crippen molar-refractivity contribution in [1.82, 2.24) is 5.32 Å². The van der Waals surface area contributed by atoms with Crippen LogP contribution < -0.4 is 10.1 Å². The summed E-state index contributed by atoms with van der Waals surface area (Å²) in [6, 6.07) is 13.9. The molecule has 1 aliphatic carbocycles. The van der Waals surface area contributed by atoms with Crippen molar-refractivity contribution in [3.8, 4) is 5.75 Å². The Morgan fingerprint density at radius 1 is 1.14 bits per heavy atom. The predicted molar refractivity (Wildman–Crippen MR) is 80.4 cm³/mol. The summed E-state index contributed by atoms with van der Waals surface area (Å²) in [7, 11) is 0.